The molecule has 0 saturated carbocycles. The second kappa shape index (κ2) is 5.27. The summed E-state index contributed by atoms with van der Waals surface area (Å²) in [5.41, 5.74) is 0.890. The van der Waals surface area contributed by atoms with Crippen LogP contribution >= 0.6 is 23.4 Å². The average molecular weight is 274 g/mol. The fraction of sp³-hybridized carbons (Fsp3) is 0.417. The minimum atomic E-state index is -0.424. The van der Waals surface area contributed by atoms with Crippen LogP contribution in [0.15, 0.2) is 18.2 Å². The highest BCUT2D eigenvalue weighted by Crippen LogP contribution is 2.39. The van der Waals surface area contributed by atoms with E-state index in [1.165, 1.54) is 6.07 Å². The Balaban J connectivity index is 2.26. The van der Waals surface area contributed by atoms with E-state index in [4.69, 9.17) is 11.6 Å². The maximum atomic E-state index is 13.1. The molecule has 1 unspecified atom stereocenters. The molecule has 0 aliphatic carbocycles. The molecule has 1 aromatic rings. The number of carbonyl (C=O) groups is 1. The third-order valence-electron chi connectivity index (χ3n) is 2.66. The molecule has 1 heterocycles. The lowest BCUT2D eigenvalue weighted by molar-refractivity contribution is -0.128. The summed E-state index contributed by atoms with van der Waals surface area (Å²) in [6.45, 7) is 2.76. The molecule has 1 aromatic carbocycles. The molecule has 0 bridgehead atoms. The number of hydrogen-bond donors (Lipinski definition) is 0. The Morgan fingerprint density at radius 2 is 2.35 bits per heavy atom. The molecule has 1 aliphatic rings. The summed E-state index contributed by atoms with van der Waals surface area (Å²) >= 11 is 7.33. The molecule has 1 saturated heterocycles. The lowest BCUT2D eigenvalue weighted by Crippen LogP contribution is -2.28. The van der Waals surface area contributed by atoms with Gasteiger partial charge in [-0.3, -0.25) is 4.79 Å². The number of halogens is 2. The van der Waals surface area contributed by atoms with Gasteiger partial charge in [0.15, 0.2) is 0 Å². The number of carbonyl (C=O) groups excluding carboxylic acids is 1. The van der Waals surface area contributed by atoms with Gasteiger partial charge in [0.1, 0.15) is 11.2 Å². The molecule has 0 aromatic heterocycles. The summed E-state index contributed by atoms with van der Waals surface area (Å²) in [4.78, 5) is 13.5. The van der Waals surface area contributed by atoms with Crippen molar-refractivity contribution in [2.24, 2.45) is 0 Å². The Morgan fingerprint density at radius 3 is 3.00 bits per heavy atom. The lowest BCUT2D eigenvalue weighted by atomic mass is 10.2. The van der Waals surface area contributed by atoms with E-state index >= 15 is 0 Å². The largest absolute Gasteiger partial charge is 0.326 e. The summed E-state index contributed by atoms with van der Waals surface area (Å²) < 4.78 is 13.1. The van der Waals surface area contributed by atoms with Crippen LogP contribution in [0, 0.1) is 5.82 Å². The molecule has 0 radical (unpaired) electrons. The van der Waals surface area contributed by atoms with Crippen LogP contribution in [0.2, 0.25) is 5.02 Å². The van der Waals surface area contributed by atoms with Gasteiger partial charge >= 0.3 is 0 Å². The highest BCUT2D eigenvalue weighted by atomic mass is 35.5. The molecule has 17 heavy (non-hydrogen) atoms. The van der Waals surface area contributed by atoms with Crippen LogP contribution in [-0.2, 0) is 4.79 Å². The zero-order chi connectivity index (χ0) is 12.4. The quantitative estimate of drug-likeness (QED) is 0.841. The summed E-state index contributed by atoms with van der Waals surface area (Å²) in [6.07, 6.45) is 0.914. The monoisotopic (exact) mass is 273 g/mol. The third-order valence-corrected chi connectivity index (χ3v) is 4.21. The van der Waals surface area contributed by atoms with E-state index in [-0.39, 0.29) is 16.3 Å². The van der Waals surface area contributed by atoms with Gasteiger partial charge in [-0.05, 0) is 24.1 Å². The lowest BCUT2D eigenvalue weighted by Gasteiger charge is -2.23. The first kappa shape index (κ1) is 12.7. The molecule has 1 amide bonds. The SMILES string of the molecule is CCCN1C(=O)CSC1c1ccc(F)c(Cl)c1. The summed E-state index contributed by atoms with van der Waals surface area (Å²) in [5.74, 6) is 0.203. The first-order chi connectivity index (χ1) is 8.13. The van der Waals surface area contributed by atoms with Crippen molar-refractivity contribution in [2.45, 2.75) is 18.7 Å². The van der Waals surface area contributed by atoms with E-state index in [1.807, 2.05) is 11.8 Å². The van der Waals surface area contributed by atoms with E-state index in [0.29, 0.717) is 5.75 Å². The Bertz CT molecular complexity index is 441. The van der Waals surface area contributed by atoms with E-state index in [1.54, 1.807) is 23.9 Å². The Kier molecular flexibility index (Phi) is 3.94. The molecule has 5 heteroatoms. The Labute approximate surface area is 109 Å². The van der Waals surface area contributed by atoms with Gasteiger partial charge in [0.25, 0.3) is 0 Å². The number of thioether (sulfide) groups is 1. The highest BCUT2D eigenvalue weighted by molar-refractivity contribution is 8.00. The van der Waals surface area contributed by atoms with Gasteiger partial charge in [0.05, 0.1) is 10.8 Å². The molecule has 92 valence electrons. The Hall–Kier alpha value is -0.740. The van der Waals surface area contributed by atoms with E-state index in [0.717, 1.165) is 18.5 Å². The van der Waals surface area contributed by atoms with Gasteiger partial charge in [0, 0.05) is 6.54 Å². The third kappa shape index (κ3) is 2.58. The maximum absolute atomic E-state index is 13.1. The smallest absolute Gasteiger partial charge is 0.233 e. The van der Waals surface area contributed by atoms with Crippen LogP contribution in [0.3, 0.4) is 0 Å². The van der Waals surface area contributed by atoms with E-state index in [9.17, 15) is 9.18 Å². The van der Waals surface area contributed by atoms with Crippen molar-refractivity contribution in [3.63, 3.8) is 0 Å². The van der Waals surface area contributed by atoms with Gasteiger partial charge in [-0.15, -0.1) is 11.8 Å². The van der Waals surface area contributed by atoms with Crippen LogP contribution in [0.5, 0.6) is 0 Å². The van der Waals surface area contributed by atoms with Crippen molar-refractivity contribution in [1.82, 2.24) is 4.90 Å². The van der Waals surface area contributed by atoms with Gasteiger partial charge in [0.2, 0.25) is 5.91 Å². The zero-order valence-corrected chi connectivity index (χ0v) is 11.0. The summed E-state index contributed by atoms with van der Waals surface area (Å²) in [7, 11) is 0. The van der Waals surface area contributed by atoms with Crippen LogP contribution in [0.1, 0.15) is 24.3 Å². The van der Waals surface area contributed by atoms with Crippen LogP contribution in [0.4, 0.5) is 4.39 Å². The molecule has 1 aliphatic heterocycles. The predicted molar refractivity (Wildman–Crippen MR) is 68.6 cm³/mol. The molecule has 1 fully saturated rings. The van der Waals surface area contributed by atoms with Gasteiger partial charge in [-0.2, -0.15) is 0 Å². The Morgan fingerprint density at radius 1 is 1.59 bits per heavy atom. The van der Waals surface area contributed by atoms with Gasteiger partial charge < -0.3 is 4.90 Å². The van der Waals surface area contributed by atoms with Crippen molar-refractivity contribution in [3.8, 4) is 0 Å². The van der Waals surface area contributed by atoms with Crippen LogP contribution in [-0.4, -0.2) is 23.1 Å². The minimum Gasteiger partial charge on any atom is -0.326 e. The van der Waals surface area contributed by atoms with Crippen LogP contribution in [0.25, 0.3) is 0 Å². The normalized spacial score (nSPS) is 20.1. The predicted octanol–water partition coefficient (Wildman–Crippen LogP) is 3.46. The second-order valence-electron chi connectivity index (χ2n) is 3.92. The number of amides is 1. The number of benzene rings is 1. The molecular weight excluding hydrogens is 261 g/mol. The molecule has 2 nitrogen and oxygen atoms in total. The van der Waals surface area contributed by atoms with E-state index in [2.05, 4.69) is 0 Å². The highest BCUT2D eigenvalue weighted by Gasteiger charge is 2.32. The standard InChI is InChI=1S/C12H13ClFNOS/c1-2-5-15-11(16)7-17-12(15)8-3-4-10(14)9(13)6-8/h3-4,6,12H,2,5,7H2,1H3. The van der Waals surface area contributed by atoms with Gasteiger partial charge in [-0.25, -0.2) is 4.39 Å². The summed E-state index contributed by atoms with van der Waals surface area (Å²) in [6, 6.07) is 4.65. The number of nitrogens with zero attached hydrogens (tertiary/aromatic N) is 1. The molecular formula is C12H13ClFNOS. The molecule has 0 spiro atoms. The zero-order valence-electron chi connectivity index (χ0n) is 9.45. The molecule has 0 N–H and O–H groups in total. The number of rotatable bonds is 3. The minimum absolute atomic E-state index is 0.0273. The first-order valence-corrected chi connectivity index (χ1v) is 6.92. The number of hydrogen-bond acceptors (Lipinski definition) is 2. The average Bonchev–Trinajstić information content (AvgIpc) is 2.66. The van der Waals surface area contributed by atoms with Crippen molar-refractivity contribution in [3.05, 3.63) is 34.6 Å². The fourth-order valence-electron chi connectivity index (χ4n) is 1.88. The van der Waals surface area contributed by atoms with Crippen molar-refractivity contribution in [1.29, 1.82) is 0 Å². The van der Waals surface area contributed by atoms with E-state index < -0.39 is 5.82 Å². The second-order valence-corrected chi connectivity index (χ2v) is 5.40. The maximum Gasteiger partial charge on any atom is 0.233 e. The first-order valence-electron chi connectivity index (χ1n) is 5.49. The van der Waals surface area contributed by atoms with Crippen LogP contribution < -0.4 is 0 Å². The van der Waals surface area contributed by atoms with Gasteiger partial charge in [-0.1, -0.05) is 24.6 Å². The van der Waals surface area contributed by atoms with Crippen molar-refractivity contribution < 1.29 is 9.18 Å². The van der Waals surface area contributed by atoms with Crippen molar-refractivity contribution in [2.75, 3.05) is 12.3 Å². The van der Waals surface area contributed by atoms with Crippen molar-refractivity contribution >= 4 is 29.3 Å². The topological polar surface area (TPSA) is 20.3 Å². The molecule has 2 rings (SSSR count). The molecule has 1 atom stereocenters. The summed E-state index contributed by atoms with van der Waals surface area (Å²) in [5, 5.41) is 0.0828. The fourth-order valence-corrected chi connectivity index (χ4v) is 3.28.